The SMILES string of the molecule is O=C(O)C(c1c[nH]c2ccccc12)N1C[C@@H]2C[C@H](C1)c1cccc(=O)n1C2. The molecule has 3 aromatic rings. The molecular weight excluding hydrogens is 342 g/mol. The van der Waals surface area contributed by atoms with Gasteiger partial charge in [0, 0.05) is 60.0 Å². The van der Waals surface area contributed by atoms with E-state index in [0.29, 0.717) is 25.6 Å². The van der Waals surface area contributed by atoms with Crippen molar-refractivity contribution in [3.05, 3.63) is 70.3 Å². The molecule has 0 aliphatic carbocycles. The van der Waals surface area contributed by atoms with Gasteiger partial charge in [0.05, 0.1) is 0 Å². The highest BCUT2D eigenvalue weighted by atomic mass is 16.4. The van der Waals surface area contributed by atoms with Crippen LogP contribution in [0.15, 0.2) is 53.5 Å². The molecule has 0 spiro atoms. The molecule has 1 saturated heterocycles. The van der Waals surface area contributed by atoms with Crippen molar-refractivity contribution in [3.8, 4) is 0 Å². The molecule has 2 bridgehead atoms. The molecule has 3 atom stereocenters. The number of hydrogen-bond acceptors (Lipinski definition) is 3. The molecule has 2 aliphatic heterocycles. The van der Waals surface area contributed by atoms with Gasteiger partial charge in [0.15, 0.2) is 0 Å². The lowest BCUT2D eigenvalue weighted by atomic mass is 9.82. The monoisotopic (exact) mass is 363 g/mol. The second kappa shape index (κ2) is 6.09. The number of hydrogen-bond donors (Lipinski definition) is 2. The Labute approximate surface area is 156 Å². The Morgan fingerprint density at radius 3 is 2.81 bits per heavy atom. The summed E-state index contributed by atoms with van der Waals surface area (Å²) in [4.78, 5) is 29.7. The summed E-state index contributed by atoms with van der Waals surface area (Å²) in [5.74, 6) is -0.341. The number of nitrogens with one attached hydrogen (secondary N) is 1. The fraction of sp³-hybridized carbons (Fsp3) is 0.333. The molecule has 0 amide bonds. The molecule has 138 valence electrons. The van der Waals surface area contributed by atoms with E-state index in [0.717, 1.165) is 28.6 Å². The van der Waals surface area contributed by atoms with Crippen molar-refractivity contribution in [2.45, 2.75) is 24.9 Å². The maximum absolute atomic E-state index is 12.2. The molecule has 2 aliphatic rings. The van der Waals surface area contributed by atoms with Crippen LogP contribution in [-0.2, 0) is 11.3 Å². The molecule has 6 heteroatoms. The number of pyridine rings is 1. The van der Waals surface area contributed by atoms with Crippen LogP contribution >= 0.6 is 0 Å². The van der Waals surface area contributed by atoms with E-state index >= 15 is 0 Å². The van der Waals surface area contributed by atoms with Crippen molar-refractivity contribution >= 4 is 16.9 Å². The highest BCUT2D eigenvalue weighted by molar-refractivity contribution is 5.89. The van der Waals surface area contributed by atoms with Gasteiger partial charge >= 0.3 is 5.97 Å². The van der Waals surface area contributed by atoms with E-state index in [2.05, 4.69) is 9.88 Å². The minimum absolute atomic E-state index is 0.0436. The van der Waals surface area contributed by atoms with Crippen LogP contribution in [0.2, 0.25) is 0 Å². The van der Waals surface area contributed by atoms with E-state index in [4.69, 9.17) is 0 Å². The van der Waals surface area contributed by atoms with E-state index < -0.39 is 12.0 Å². The zero-order chi connectivity index (χ0) is 18.5. The standard InChI is InChI=1S/C21H21N3O3/c25-19-7-3-6-18-14-8-13(11-24(18)19)10-23(12-14)20(21(26)27)16-9-22-17-5-2-1-4-15(16)17/h1-7,9,13-14,20,22H,8,10-12H2,(H,26,27)/t13-,14+,20?/m0/s1. The second-order valence-corrected chi connectivity index (χ2v) is 7.68. The Hall–Kier alpha value is -2.86. The van der Waals surface area contributed by atoms with Crippen molar-refractivity contribution < 1.29 is 9.90 Å². The summed E-state index contributed by atoms with van der Waals surface area (Å²) in [5.41, 5.74) is 2.84. The first-order valence-corrected chi connectivity index (χ1v) is 9.34. The second-order valence-electron chi connectivity index (χ2n) is 7.68. The first-order valence-electron chi connectivity index (χ1n) is 9.34. The quantitative estimate of drug-likeness (QED) is 0.750. The van der Waals surface area contributed by atoms with Crippen molar-refractivity contribution in [1.29, 1.82) is 0 Å². The number of benzene rings is 1. The van der Waals surface area contributed by atoms with Gasteiger partial charge in [-0.1, -0.05) is 24.3 Å². The number of likely N-dealkylation sites (tertiary alicyclic amines) is 1. The number of aromatic nitrogens is 2. The molecule has 2 N–H and O–H groups in total. The lowest BCUT2D eigenvalue weighted by Crippen LogP contribution is -2.49. The fourth-order valence-electron chi connectivity index (χ4n) is 4.95. The Morgan fingerprint density at radius 1 is 1.11 bits per heavy atom. The van der Waals surface area contributed by atoms with Gasteiger partial charge in [-0.2, -0.15) is 0 Å². The molecule has 0 saturated carbocycles. The summed E-state index contributed by atoms with van der Waals surface area (Å²) in [5, 5.41) is 11.0. The normalized spacial score (nSPS) is 23.1. The number of aliphatic carboxylic acids is 1. The van der Waals surface area contributed by atoms with Crippen molar-refractivity contribution in [2.24, 2.45) is 5.92 Å². The lowest BCUT2D eigenvalue weighted by Gasteiger charge is -2.44. The van der Waals surface area contributed by atoms with Gasteiger partial charge in [-0.05, 0) is 24.5 Å². The first-order chi connectivity index (χ1) is 13.1. The van der Waals surface area contributed by atoms with Crippen LogP contribution in [-0.4, -0.2) is 38.6 Å². The molecule has 4 heterocycles. The summed E-state index contributed by atoms with van der Waals surface area (Å²) in [7, 11) is 0. The smallest absolute Gasteiger partial charge is 0.325 e. The van der Waals surface area contributed by atoms with Gasteiger partial charge in [-0.25, -0.2) is 0 Å². The van der Waals surface area contributed by atoms with Gasteiger partial charge in [0.25, 0.3) is 5.56 Å². The zero-order valence-corrected chi connectivity index (χ0v) is 14.8. The lowest BCUT2D eigenvalue weighted by molar-refractivity contribution is -0.144. The first kappa shape index (κ1) is 16.3. The van der Waals surface area contributed by atoms with E-state index in [1.807, 2.05) is 47.2 Å². The third-order valence-corrected chi connectivity index (χ3v) is 6.02. The van der Waals surface area contributed by atoms with E-state index in [-0.39, 0.29) is 11.5 Å². The van der Waals surface area contributed by atoms with E-state index in [1.165, 1.54) is 0 Å². The predicted molar refractivity (Wildman–Crippen MR) is 102 cm³/mol. The Morgan fingerprint density at radius 2 is 1.96 bits per heavy atom. The summed E-state index contributed by atoms with van der Waals surface area (Å²) in [6, 6.07) is 12.5. The van der Waals surface area contributed by atoms with Gasteiger partial charge in [-0.3, -0.25) is 14.5 Å². The molecule has 1 fully saturated rings. The molecule has 2 aromatic heterocycles. The molecule has 1 unspecified atom stereocenters. The molecule has 0 radical (unpaired) electrons. The Kier molecular flexibility index (Phi) is 3.68. The summed E-state index contributed by atoms with van der Waals surface area (Å²) in [6.07, 6.45) is 2.84. The van der Waals surface area contributed by atoms with Crippen LogP contribution < -0.4 is 5.56 Å². The third-order valence-electron chi connectivity index (χ3n) is 6.02. The Bertz CT molecular complexity index is 1080. The number of carboxylic acid groups (broad SMARTS) is 1. The van der Waals surface area contributed by atoms with Crippen molar-refractivity contribution in [3.63, 3.8) is 0 Å². The van der Waals surface area contributed by atoms with Gasteiger partial charge in [-0.15, -0.1) is 0 Å². The summed E-state index contributed by atoms with van der Waals surface area (Å²) in [6.45, 7) is 2.01. The van der Waals surface area contributed by atoms with Gasteiger partial charge in [0.1, 0.15) is 6.04 Å². The highest BCUT2D eigenvalue weighted by Gasteiger charge is 2.40. The third kappa shape index (κ3) is 2.59. The average molecular weight is 363 g/mol. The highest BCUT2D eigenvalue weighted by Crippen LogP contribution is 2.39. The number of rotatable bonds is 3. The minimum Gasteiger partial charge on any atom is -0.480 e. The molecule has 5 rings (SSSR count). The van der Waals surface area contributed by atoms with Crippen LogP contribution in [0.3, 0.4) is 0 Å². The zero-order valence-electron chi connectivity index (χ0n) is 14.8. The molecule has 27 heavy (non-hydrogen) atoms. The van der Waals surface area contributed by atoms with Crippen molar-refractivity contribution in [2.75, 3.05) is 13.1 Å². The van der Waals surface area contributed by atoms with Crippen LogP contribution in [0, 0.1) is 5.92 Å². The number of piperidine rings is 1. The maximum Gasteiger partial charge on any atom is 0.325 e. The number of H-pyrrole nitrogens is 1. The number of para-hydroxylation sites is 1. The number of fused-ring (bicyclic) bond motifs is 5. The summed E-state index contributed by atoms with van der Waals surface area (Å²) >= 11 is 0. The van der Waals surface area contributed by atoms with E-state index in [9.17, 15) is 14.7 Å². The topological polar surface area (TPSA) is 78.3 Å². The van der Waals surface area contributed by atoms with Gasteiger partial charge < -0.3 is 14.7 Å². The summed E-state index contributed by atoms with van der Waals surface area (Å²) < 4.78 is 1.87. The number of aromatic amines is 1. The predicted octanol–water partition coefficient (Wildman–Crippen LogP) is 2.57. The minimum atomic E-state index is -0.829. The maximum atomic E-state index is 12.2. The number of carboxylic acids is 1. The van der Waals surface area contributed by atoms with Gasteiger partial charge in [0.2, 0.25) is 0 Å². The van der Waals surface area contributed by atoms with Crippen molar-refractivity contribution in [1.82, 2.24) is 14.5 Å². The average Bonchev–Trinajstić information content (AvgIpc) is 3.06. The van der Waals surface area contributed by atoms with Crippen LogP contribution in [0.5, 0.6) is 0 Å². The molecule has 6 nitrogen and oxygen atoms in total. The number of nitrogens with zero attached hydrogens (tertiary/aromatic N) is 2. The van der Waals surface area contributed by atoms with Crippen LogP contribution in [0.1, 0.15) is 29.6 Å². The Balaban J connectivity index is 1.54. The van der Waals surface area contributed by atoms with Crippen LogP contribution in [0.4, 0.5) is 0 Å². The molecule has 1 aromatic carbocycles. The fourth-order valence-corrected chi connectivity index (χ4v) is 4.95. The van der Waals surface area contributed by atoms with Crippen LogP contribution in [0.25, 0.3) is 10.9 Å². The molecular formula is C21H21N3O3. The van der Waals surface area contributed by atoms with E-state index in [1.54, 1.807) is 6.07 Å². The largest absolute Gasteiger partial charge is 0.480 e. The number of carbonyl (C=O) groups is 1.